The summed E-state index contributed by atoms with van der Waals surface area (Å²) in [5.74, 6) is 0. The molecule has 0 aliphatic carbocycles. The summed E-state index contributed by atoms with van der Waals surface area (Å²) in [6, 6.07) is 20.3. The van der Waals surface area contributed by atoms with Crippen molar-refractivity contribution in [1.82, 2.24) is 19.7 Å². The highest BCUT2D eigenvalue weighted by molar-refractivity contribution is 7.99. The average molecular weight is 350 g/mol. The highest BCUT2D eigenvalue weighted by Crippen LogP contribution is 2.33. The highest BCUT2D eigenvalue weighted by Gasteiger charge is 2.14. The molecule has 0 atom stereocenters. The lowest BCUT2D eigenvalue weighted by Crippen LogP contribution is -1.99. The fourth-order valence-corrected chi connectivity index (χ4v) is 3.71. The summed E-state index contributed by atoms with van der Waals surface area (Å²) in [5, 5.41) is 7.18. The second-order valence-electron chi connectivity index (χ2n) is 5.06. The molecule has 0 amide bonds. The predicted molar refractivity (Wildman–Crippen MR) is 99.0 cm³/mol. The maximum Gasteiger partial charge on any atom is 0.190 e. The number of nitrogens with zero attached hydrogens (tertiary/aromatic N) is 4. The normalized spacial score (nSPS) is 11.0. The van der Waals surface area contributed by atoms with Gasteiger partial charge < -0.3 is 0 Å². The maximum atomic E-state index is 4.68. The van der Waals surface area contributed by atoms with Gasteiger partial charge in [-0.15, -0.1) is 0 Å². The van der Waals surface area contributed by atoms with E-state index in [2.05, 4.69) is 27.2 Å². The molecule has 0 bridgehead atoms. The molecule has 0 spiro atoms. The molecule has 0 aliphatic rings. The Morgan fingerprint density at radius 1 is 0.875 bits per heavy atom. The molecule has 0 saturated carbocycles. The smallest absolute Gasteiger partial charge is 0.190 e. The molecule has 6 heteroatoms. The van der Waals surface area contributed by atoms with Gasteiger partial charge in [0.15, 0.2) is 10.8 Å². The van der Waals surface area contributed by atoms with Crippen LogP contribution in [0.25, 0.3) is 16.7 Å². The van der Waals surface area contributed by atoms with Crippen LogP contribution in [0.2, 0.25) is 0 Å². The standard InChI is InChI=1S/C18H14N4S2/c1-23-18-20-16-15(12-19-22(16)13-8-4-2-5-9-13)17(21-18)24-14-10-6-3-7-11-14/h2-12H,1H3. The summed E-state index contributed by atoms with van der Waals surface area (Å²) >= 11 is 3.18. The predicted octanol–water partition coefficient (Wildman–Crippen LogP) is 4.69. The highest BCUT2D eigenvalue weighted by atomic mass is 32.2. The van der Waals surface area contributed by atoms with Crippen molar-refractivity contribution in [2.45, 2.75) is 15.1 Å². The van der Waals surface area contributed by atoms with E-state index in [0.717, 1.165) is 31.8 Å². The quantitative estimate of drug-likeness (QED) is 0.303. The van der Waals surface area contributed by atoms with Crippen LogP contribution in [0.4, 0.5) is 0 Å². The van der Waals surface area contributed by atoms with Gasteiger partial charge in [-0.05, 0) is 30.5 Å². The van der Waals surface area contributed by atoms with Crippen molar-refractivity contribution in [3.63, 3.8) is 0 Å². The summed E-state index contributed by atoms with van der Waals surface area (Å²) < 4.78 is 1.87. The first-order valence-electron chi connectivity index (χ1n) is 7.43. The van der Waals surface area contributed by atoms with Crippen LogP contribution in [0.5, 0.6) is 0 Å². The van der Waals surface area contributed by atoms with E-state index < -0.39 is 0 Å². The third kappa shape index (κ3) is 2.90. The van der Waals surface area contributed by atoms with Gasteiger partial charge in [0.05, 0.1) is 17.3 Å². The van der Waals surface area contributed by atoms with Crippen LogP contribution in [-0.2, 0) is 0 Å². The third-order valence-corrected chi connectivity index (χ3v) is 5.07. The summed E-state index contributed by atoms with van der Waals surface area (Å²) in [4.78, 5) is 10.5. The fourth-order valence-electron chi connectivity index (χ4n) is 2.39. The monoisotopic (exact) mass is 350 g/mol. The Morgan fingerprint density at radius 3 is 2.29 bits per heavy atom. The zero-order valence-corrected chi connectivity index (χ0v) is 14.6. The van der Waals surface area contributed by atoms with E-state index in [-0.39, 0.29) is 0 Å². The second-order valence-corrected chi connectivity index (χ2v) is 6.90. The summed E-state index contributed by atoms with van der Waals surface area (Å²) in [6.07, 6.45) is 3.83. The van der Waals surface area contributed by atoms with Gasteiger partial charge in [-0.2, -0.15) is 5.10 Å². The molecule has 2 heterocycles. The number of fused-ring (bicyclic) bond motifs is 1. The molecule has 2 aromatic carbocycles. The molecule has 0 radical (unpaired) electrons. The van der Waals surface area contributed by atoms with Crippen molar-refractivity contribution in [1.29, 1.82) is 0 Å². The van der Waals surface area contributed by atoms with Gasteiger partial charge in [-0.25, -0.2) is 14.6 Å². The summed E-state index contributed by atoms with van der Waals surface area (Å²) in [5.41, 5.74) is 1.83. The van der Waals surface area contributed by atoms with Crippen LogP contribution in [0.1, 0.15) is 0 Å². The van der Waals surface area contributed by atoms with E-state index >= 15 is 0 Å². The number of benzene rings is 2. The Kier molecular flexibility index (Phi) is 4.23. The van der Waals surface area contributed by atoms with Gasteiger partial charge in [-0.1, -0.05) is 59.9 Å². The van der Waals surface area contributed by atoms with E-state index in [4.69, 9.17) is 0 Å². The molecule has 2 aromatic heterocycles. The van der Waals surface area contributed by atoms with Crippen molar-refractivity contribution < 1.29 is 0 Å². The minimum Gasteiger partial charge on any atom is -0.215 e. The van der Waals surface area contributed by atoms with E-state index in [1.165, 1.54) is 11.8 Å². The van der Waals surface area contributed by atoms with Gasteiger partial charge in [-0.3, -0.25) is 0 Å². The van der Waals surface area contributed by atoms with Crippen LogP contribution in [0.15, 0.2) is 81.9 Å². The molecule has 0 N–H and O–H groups in total. The Hall–Kier alpha value is -2.31. The number of thioether (sulfide) groups is 1. The van der Waals surface area contributed by atoms with Crippen molar-refractivity contribution in [3.8, 4) is 5.69 Å². The van der Waals surface area contributed by atoms with Gasteiger partial charge >= 0.3 is 0 Å². The molecule has 0 aliphatic heterocycles. The Bertz CT molecular complexity index is 968. The van der Waals surface area contributed by atoms with Gasteiger partial charge in [0.25, 0.3) is 0 Å². The molecule has 0 fully saturated rings. The minimum absolute atomic E-state index is 0.749. The number of para-hydroxylation sites is 1. The molecule has 0 unspecified atom stereocenters. The third-order valence-electron chi connectivity index (χ3n) is 3.51. The zero-order chi connectivity index (χ0) is 16.4. The lowest BCUT2D eigenvalue weighted by molar-refractivity contribution is 0.864. The Balaban J connectivity index is 1.87. The SMILES string of the molecule is CSc1nc(Sc2ccccc2)c2cnn(-c3ccccc3)c2n1. The van der Waals surface area contributed by atoms with Crippen molar-refractivity contribution >= 4 is 34.6 Å². The maximum absolute atomic E-state index is 4.68. The van der Waals surface area contributed by atoms with Crippen LogP contribution < -0.4 is 0 Å². The van der Waals surface area contributed by atoms with Crippen LogP contribution in [0, 0.1) is 0 Å². The van der Waals surface area contributed by atoms with E-state index in [1.807, 2.05) is 65.7 Å². The molecule has 0 saturated heterocycles. The summed E-state index contributed by atoms with van der Waals surface area (Å²) in [7, 11) is 0. The number of hydrogen-bond donors (Lipinski definition) is 0. The summed E-state index contributed by atoms with van der Waals surface area (Å²) in [6.45, 7) is 0. The van der Waals surface area contributed by atoms with Gasteiger partial charge in [0.1, 0.15) is 5.03 Å². The topological polar surface area (TPSA) is 43.6 Å². The zero-order valence-electron chi connectivity index (χ0n) is 13.0. The van der Waals surface area contributed by atoms with Crippen molar-refractivity contribution in [2.24, 2.45) is 0 Å². The molecular formula is C18H14N4S2. The lowest BCUT2D eigenvalue weighted by Gasteiger charge is -2.06. The van der Waals surface area contributed by atoms with Gasteiger partial charge in [0, 0.05) is 4.90 Å². The average Bonchev–Trinajstić information content (AvgIpc) is 3.07. The largest absolute Gasteiger partial charge is 0.215 e. The first kappa shape index (κ1) is 15.2. The second kappa shape index (κ2) is 6.67. The molecule has 4 rings (SSSR count). The molecule has 4 aromatic rings. The van der Waals surface area contributed by atoms with E-state index in [1.54, 1.807) is 11.8 Å². The lowest BCUT2D eigenvalue weighted by atomic mass is 10.3. The van der Waals surface area contributed by atoms with Crippen molar-refractivity contribution in [2.75, 3.05) is 6.26 Å². The number of rotatable bonds is 4. The number of hydrogen-bond acceptors (Lipinski definition) is 5. The van der Waals surface area contributed by atoms with Crippen LogP contribution in [-0.4, -0.2) is 26.0 Å². The molecule has 24 heavy (non-hydrogen) atoms. The molecule has 118 valence electrons. The van der Waals surface area contributed by atoms with Crippen LogP contribution in [0.3, 0.4) is 0 Å². The van der Waals surface area contributed by atoms with Gasteiger partial charge in [0.2, 0.25) is 0 Å². The minimum atomic E-state index is 0.749. The Morgan fingerprint density at radius 2 is 1.58 bits per heavy atom. The van der Waals surface area contributed by atoms with Crippen LogP contribution >= 0.6 is 23.5 Å². The van der Waals surface area contributed by atoms with Crippen molar-refractivity contribution in [3.05, 3.63) is 66.9 Å². The molecular weight excluding hydrogens is 336 g/mol. The first-order chi connectivity index (χ1) is 11.8. The van der Waals surface area contributed by atoms with E-state index in [9.17, 15) is 0 Å². The fraction of sp³-hybridized carbons (Fsp3) is 0.0556. The van der Waals surface area contributed by atoms with E-state index in [0.29, 0.717) is 0 Å². The molecule has 4 nitrogen and oxygen atoms in total. The number of aromatic nitrogens is 4. The first-order valence-corrected chi connectivity index (χ1v) is 9.47. The Labute approximate surface area is 148 Å².